The first-order valence-corrected chi connectivity index (χ1v) is 6.00. The molecule has 3 N–H and O–H groups in total. The minimum absolute atomic E-state index is 0.174. The highest BCUT2D eigenvalue weighted by atomic mass is 32.1. The molecule has 17 heavy (non-hydrogen) atoms. The number of carbonyl (C=O) groups excluding carboxylic acids is 1. The van der Waals surface area contributed by atoms with Crippen molar-refractivity contribution in [1.29, 1.82) is 5.26 Å². The van der Waals surface area contributed by atoms with Crippen LogP contribution in [0.25, 0.3) is 0 Å². The van der Waals surface area contributed by atoms with E-state index in [1.165, 1.54) is 6.42 Å². The molecule has 90 valence electrons. The van der Waals surface area contributed by atoms with E-state index in [-0.39, 0.29) is 12.3 Å². The highest BCUT2D eigenvalue weighted by Crippen LogP contribution is 2.38. The highest BCUT2D eigenvalue weighted by Gasteiger charge is 2.35. The van der Waals surface area contributed by atoms with Crippen LogP contribution in [-0.2, 0) is 4.79 Å². The van der Waals surface area contributed by atoms with Crippen LogP contribution in [0.15, 0.2) is 12.2 Å². The Bertz CT molecular complexity index is 401. The molecule has 0 heterocycles. The van der Waals surface area contributed by atoms with Crippen molar-refractivity contribution in [2.45, 2.75) is 25.3 Å². The van der Waals surface area contributed by atoms with Gasteiger partial charge in [-0.2, -0.15) is 5.26 Å². The van der Waals surface area contributed by atoms with Gasteiger partial charge in [0.2, 0.25) is 0 Å². The van der Waals surface area contributed by atoms with Crippen LogP contribution < -0.4 is 16.2 Å². The summed E-state index contributed by atoms with van der Waals surface area (Å²) in [5, 5.41) is 11.9. The van der Waals surface area contributed by atoms with Gasteiger partial charge in [-0.15, -0.1) is 0 Å². The van der Waals surface area contributed by atoms with E-state index in [2.05, 4.69) is 28.3 Å². The SMILES string of the molecule is N#CCC(=O)NNC(=S)N[C@@H]1C[C@@H]2C=C[C@@H]1C2. The minimum atomic E-state index is -0.385. The van der Waals surface area contributed by atoms with Crippen LogP contribution in [0, 0.1) is 23.2 Å². The first kappa shape index (κ1) is 11.9. The normalized spacial score (nSPS) is 28.5. The smallest absolute Gasteiger partial charge is 0.252 e. The lowest BCUT2D eigenvalue weighted by atomic mass is 10.0. The maximum absolute atomic E-state index is 11.0. The molecule has 0 radical (unpaired) electrons. The van der Waals surface area contributed by atoms with E-state index in [1.54, 1.807) is 6.07 Å². The molecule has 0 aromatic carbocycles. The largest absolute Gasteiger partial charge is 0.358 e. The number of rotatable bonds is 2. The van der Waals surface area contributed by atoms with E-state index < -0.39 is 0 Å². The number of allylic oxidation sites excluding steroid dienone is 1. The van der Waals surface area contributed by atoms with Crippen molar-refractivity contribution >= 4 is 23.2 Å². The number of amides is 1. The van der Waals surface area contributed by atoms with Crippen LogP contribution in [0.5, 0.6) is 0 Å². The van der Waals surface area contributed by atoms with E-state index in [9.17, 15) is 4.79 Å². The summed E-state index contributed by atoms with van der Waals surface area (Å²) < 4.78 is 0. The van der Waals surface area contributed by atoms with Crippen molar-refractivity contribution in [3.63, 3.8) is 0 Å². The van der Waals surface area contributed by atoms with Gasteiger partial charge in [0.25, 0.3) is 5.91 Å². The van der Waals surface area contributed by atoms with Crippen LogP contribution in [0.3, 0.4) is 0 Å². The molecule has 1 fully saturated rings. The molecule has 2 rings (SSSR count). The van der Waals surface area contributed by atoms with Gasteiger partial charge in [-0.1, -0.05) is 12.2 Å². The van der Waals surface area contributed by atoms with Crippen LogP contribution in [0.4, 0.5) is 0 Å². The molecule has 1 saturated carbocycles. The summed E-state index contributed by atoms with van der Waals surface area (Å²) in [6, 6.07) is 2.12. The zero-order valence-electron chi connectivity index (χ0n) is 9.27. The molecule has 0 unspecified atom stereocenters. The van der Waals surface area contributed by atoms with E-state index >= 15 is 0 Å². The number of hydrogen-bond donors (Lipinski definition) is 3. The second kappa shape index (κ2) is 5.15. The molecule has 2 aliphatic rings. The number of hydrogen-bond acceptors (Lipinski definition) is 3. The molecule has 3 atom stereocenters. The Labute approximate surface area is 105 Å². The van der Waals surface area contributed by atoms with Crippen molar-refractivity contribution in [2.75, 3.05) is 0 Å². The molecule has 0 saturated heterocycles. The van der Waals surface area contributed by atoms with E-state index in [4.69, 9.17) is 17.5 Å². The highest BCUT2D eigenvalue weighted by molar-refractivity contribution is 7.80. The second-order valence-corrected chi connectivity index (χ2v) is 4.78. The monoisotopic (exact) mass is 250 g/mol. The van der Waals surface area contributed by atoms with Crippen LogP contribution in [0.2, 0.25) is 0 Å². The summed E-state index contributed by atoms with van der Waals surface area (Å²) in [6.45, 7) is 0. The zero-order chi connectivity index (χ0) is 12.3. The van der Waals surface area contributed by atoms with Crippen molar-refractivity contribution in [1.82, 2.24) is 16.2 Å². The molecule has 0 aromatic rings. The molecule has 0 spiro atoms. The third-order valence-corrected chi connectivity index (χ3v) is 3.37. The molecule has 1 amide bonds. The van der Waals surface area contributed by atoms with Crippen LogP contribution >= 0.6 is 12.2 Å². The van der Waals surface area contributed by atoms with Gasteiger partial charge in [-0.05, 0) is 36.9 Å². The number of thiocarbonyl (C=S) groups is 1. The number of hydrazine groups is 1. The van der Waals surface area contributed by atoms with Crippen molar-refractivity contribution in [3.8, 4) is 6.07 Å². The maximum atomic E-state index is 11.0. The summed E-state index contributed by atoms with van der Waals surface area (Å²) in [6.07, 6.45) is 6.60. The first-order chi connectivity index (χ1) is 8.19. The van der Waals surface area contributed by atoms with E-state index in [0.29, 0.717) is 23.0 Å². The van der Waals surface area contributed by atoms with Crippen molar-refractivity contribution in [2.24, 2.45) is 11.8 Å². The molecular formula is C11H14N4OS. The van der Waals surface area contributed by atoms with Crippen LogP contribution in [0.1, 0.15) is 19.3 Å². The lowest BCUT2D eigenvalue weighted by molar-refractivity contribution is -0.120. The Hall–Kier alpha value is -1.61. The van der Waals surface area contributed by atoms with Gasteiger partial charge in [-0.3, -0.25) is 15.6 Å². The van der Waals surface area contributed by atoms with Gasteiger partial charge in [-0.25, -0.2) is 0 Å². The average molecular weight is 250 g/mol. The Morgan fingerprint density at radius 2 is 2.24 bits per heavy atom. The molecule has 2 bridgehead atoms. The van der Waals surface area contributed by atoms with E-state index in [1.807, 2.05) is 0 Å². The van der Waals surface area contributed by atoms with Gasteiger partial charge >= 0.3 is 0 Å². The van der Waals surface area contributed by atoms with Crippen LogP contribution in [-0.4, -0.2) is 17.1 Å². The predicted octanol–water partition coefficient (Wildman–Crippen LogP) is 0.360. The molecule has 0 aromatic heterocycles. The average Bonchev–Trinajstić information content (AvgIpc) is 2.88. The fourth-order valence-corrected chi connectivity index (χ4v) is 2.60. The third kappa shape index (κ3) is 2.94. The quantitative estimate of drug-likeness (QED) is 0.375. The summed E-state index contributed by atoms with van der Waals surface area (Å²) in [5.74, 6) is 0.840. The number of carbonyl (C=O) groups is 1. The number of nitrogens with one attached hydrogen (secondary N) is 3. The molecule has 6 heteroatoms. The van der Waals surface area contributed by atoms with Gasteiger partial charge in [0.15, 0.2) is 5.11 Å². The predicted molar refractivity (Wildman–Crippen MR) is 66.4 cm³/mol. The Morgan fingerprint density at radius 1 is 1.41 bits per heavy atom. The Morgan fingerprint density at radius 3 is 2.82 bits per heavy atom. The summed E-state index contributed by atoms with van der Waals surface area (Å²) >= 11 is 5.06. The molecule has 5 nitrogen and oxygen atoms in total. The standard InChI is InChI=1S/C11H14N4OS/c12-4-3-10(16)14-15-11(17)13-9-6-7-1-2-8(9)5-7/h1-2,7-9H,3,5-6H2,(H,14,16)(H2,13,15,17)/t7-,8-,9-/m1/s1. The summed E-state index contributed by atoms with van der Waals surface area (Å²) in [5.41, 5.74) is 4.97. The van der Waals surface area contributed by atoms with Gasteiger partial charge in [0, 0.05) is 6.04 Å². The van der Waals surface area contributed by atoms with Gasteiger partial charge in [0.1, 0.15) is 6.42 Å². The van der Waals surface area contributed by atoms with E-state index in [0.717, 1.165) is 6.42 Å². The number of fused-ring (bicyclic) bond motifs is 2. The lowest BCUT2D eigenvalue weighted by Gasteiger charge is -2.21. The topological polar surface area (TPSA) is 77.0 Å². The molecule has 0 aliphatic heterocycles. The van der Waals surface area contributed by atoms with Gasteiger partial charge in [0.05, 0.1) is 6.07 Å². The zero-order valence-corrected chi connectivity index (χ0v) is 10.1. The maximum Gasteiger partial charge on any atom is 0.252 e. The van der Waals surface area contributed by atoms with Crippen molar-refractivity contribution in [3.05, 3.63) is 12.2 Å². The molecule has 2 aliphatic carbocycles. The summed E-state index contributed by atoms with van der Waals surface area (Å²) in [4.78, 5) is 11.0. The lowest BCUT2D eigenvalue weighted by Crippen LogP contribution is -2.50. The minimum Gasteiger partial charge on any atom is -0.358 e. The van der Waals surface area contributed by atoms with Gasteiger partial charge < -0.3 is 5.32 Å². The fourth-order valence-electron chi connectivity index (χ4n) is 2.39. The fraction of sp³-hybridized carbons (Fsp3) is 0.545. The number of nitrogens with zero attached hydrogens (tertiary/aromatic N) is 1. The Balaban J connectivity index is 1.70. The van der Waals surface area contributed by atoms with Crippen molar-refractivity contribution < 1.29 is 4.79 Å². The first-order valence-electron chi connectivity index (χ1n) is 5.59. The number of nitriles is 1. The molecular weight excluding hydrogens is 236 g/mol. The Kier molecular flexibility index (Phi) is 3.59. The third-order valence-electron chi connectivity index (χ3n) is 3.15. The summed E-state index contributed by atoms with van der Waals surface area (Å²) in [7, 11) is 0. The second-order valence-electron chi connectivity index (χ2n) is 4.37.